The lowest BCUT2D eigenvalue weighted by molar-refractivity contribution is -0.117. The van der Waals surface area contributed by atoms with E-state index in [9.17, 15) is 4.79 Å². The minimum absolute atomic E-state index is 0.0138. The van der Waals surface area contributed by atoms with Crippen molar-refractivity contribution in [2.45, 2.75) is 12.3 Å². The highest BCUT2D eigenvalue weighted by molar-refractivity contribution is 6.04. The van der Waals surface area contributed by atoms with Crippen LogP contribution in [0.4, 0.5) is 5.69 Å². The molecule has 1 unspecified atom stereocenters. The maximum absolute atomic E-state index is 11.7. The number of benzene rings is 1. The van der Waals surface area contributed by atoms with Gasteiger partial charge in [-0.25, -0.2) is 0 Å². The van der Waals surface area contributed by atoms with Gasteiger partial charge >= 0.3 is 0 Å². The first kappa shape index (κ1) is 9.98. The molecule has 0 bridgehead atoms. The third-order valence-corrected chi connectivity index (χ3v) is 2.67. The third-order valence-electron chi connectivity index (χ3n) is 2.67. The van der Waals surface area contributed by atoms with Crippen molar-refractivity contribution in [2.24, 2.45) is 5.73 Å². The smallest absolute Gasteiger partial charge is 0.232 e. The summed E-state index contributed by atoms with van der Waals surface area (Å²) in [6, 6.07) is 5.67. The molecule has 15 heavy (non-hydrogen) atoms. The fourth-order valence-electron chi connectivity index (χ4n) is 1.95. The minimum Gasteiger partial charge on any atom is -0.495 e. The molecule has 0 aromatic heterocycles. The maximum Gasteiger partial charge on any atom is 0.232 e. The zero-order valence-electron chi connectivity index (χ0n) is 8.62. The van der Waals surface area contributed by atoms with Gasteiger partial charge in [0.15, 0.2) is 0 Å². The number of nitrogens with two attached hydrogens (primary N) is 1. The second kappa shape index (κ2) is 3.90. The first-order valence-corrected chi connectivity index (χ1v) is 4.95. The number of carbonyl (C=O) groups is 1. The summed E-state index contributed by atoms with van der Waals surface area (Å²) >= 11 is 0. The zero-order valence-corrected chi connectivity index (χ0v) is 8.62. The summed E-state index contributed by atoms with van der Waals surface area (Å²) in [6.45, 7) is 0.509. The first-order valence-electron chi connectivity index (χ1n) is 4.95. The van der Waals surface area contributed by atoms with Crippen molar-refractivity contribution in [2.75, 3.05) is 19.0 Å². The molecule has 80 valence electrons. The fraction of sp³-hybridized carbons (Fsp3) is 0.364. The number of para-hydroxylation sites is 1. The summed E-state index contributed by atoms with van der Waals surface area (Å²) in [5.74, 6) is 0.598. The van der Waals surface area contributed by atoms with Crippen LogP contribution in [0.15, 0.2) is 18.2 Å². The number of hydrogen-bond donors (Lipinski definition) is 2. The molecule has 0 spiro atoms. The highest BCUT2D eigenvalue weighted by Gasteiger charge is 2.31. The minimum atomic E-state index is -0.125. The van der Waals surface area contributed by atoms with Crippen molar-refractivity contribution in [3.63, 3.8) is 0 Å². The molecule has 1 amide bonds. The van der Waals surface area contributed by atoms with E-state index in [1.54, 1.807) is 7.11 Å². The fourth-order valence-corrected chi connectivity index (χ4v) is 1.95. The molecule has 3 N–H and O–H groups in total. The maximum atomic E-state index is 11.7. The van der Waals surface area contributed by atoms with Crippen LogP contribution in [0, 0.1) is 0 Å². The zero-order chi connectivity index (χ0) is 10.8. The summed E-state index contributed by atoms with van der Waals surface area (Å²) in [6.07, 6.45) is 0.673. The number of rotatable bonds is 3. The second-order valence-corrected chi connectivity index (χ2v) is 3.54. The average Bonchev–Trinajstić information content (AvgIpc) is 2.56. The van der Waals surface area contributed by atoms with Gasteiger partial charge in [0.05, 0.1) is 18.7 Å². The molecular formula is C11H14N2O2. The highest BCUT2D eigenvalue weighted by atomic mass is 16.5. The van der Waals surface area contributed by atoms with Crippen LogP contribution >= 0.6 is 0 Å². The Labute approximate surface area is 88.4 Å². The van der Waals surface area contributed by atoms with E-state index in [1.807, 2.05) is 18.2 Å². The van der Waals surface area contributed by atoms with Gasteiger partial charge in [-0.2, -0.15) is 0 Å². The molecule has 0 aliphatic carbocycles. The Balaban J connectivity index is 2.41. The number of ether oxygens (including phenoxy) is 1. The lowest BCUT2D eigenvalue weighted by Crippen LogP contribution is -2.15. The SMILES string of the molecule is COc1cccc2c1NC(=O)C2CCN. The van der Waals surface area contributed by atoms with Crippen LogP contribution < -0.4 is 15.8 Å². The van der Waals surface area contributed by atoms with Gasteiger partial charge in [0.25, 0.3) is 0 Å². The van der Waals surface area contributed by atoms with E-state index in [4.69, 9.17) is 10.5 Å². The van der Waals surface area contributed by atoms with Crippen LogP contribution in [0.5, 0.6) is 5.75 Å². The lowest BCUT2D eigenvalue weighted by Gasteiger charge is -2.07. The van der Waals surface area contributed by atoms with Crippen molar-refractivity contribution >= 4 is 11.6 Å². The van der Waals surface area contributed by atoms with Gasteiger partial charge in [-0.15, -0.1) is 0 Å². The number of amides is 1. The van der Waals surface area contributed by atoms with Crippen molar-refractivity contribution in [1.82, 2.24) is 0 Å². The molecule has 1 aromatic carbocycles. The molecule has 1 aliphatic heterocycles. The third kappa shape index (κ3) is 1.57. The van der Waals surface area contributed by atoms with Crippen LogP contribution in [0.1, 0.15) is 17.9 Å². The molecule has 0 saturated heterocycles. The van der Waals surface area contributed by atoms with E-state index >= 15 is 0 Å². The summed E-state index contributed by atoms with van der Waals surface area (Å²) in [5.41, 5.74) is 7.27. The quantitative estimate of drug-likeness (QED) is 0.777. The Morgan fingerprint density at radius 3 is 3.00 bits per heavy atom. The predicted octanol–water partition coefficient (Wildman–Crippen LogP) is 1.08. The normalized spacial score (nSPS) is 18.5. The number of carbonyl (C=O) groups excluding carboxylic acids is 1. The molecule has 1 heterocycles. The van der Waals surface area contributed by atoms with E-state index in [2.05, 4.69) is 5.32 Å². The van der Waals surface area contributed by atoms with Crippen molar-refractivity contribution in [1.29, 1.82) is 0 Å². The van der Waals surface area contributed by atoms with Crippen LogP contribution in [-0.4, -0.2) is 19.6 Å². The molecular weight excluding hydrogens is 192 g/mol. The molecule has 0 fully saturated rings. The van der Waals surface area contributed by atoms with Crippen molar-refractivity contribution in [3.8, 4) is 5.75 Å². The summed E-state index contributed by atoms with van der Waals surface area (Å²) in [5, 5.41) is 2.83. The number of anilines is 1. The Bertz CT molecular complexity index is 390. The number of nitrogens with one attached hydrogen (secondary N) is 1. The largest absolute Gasteiger partial charge is 0.495 e. The Hall–Kier alpha value is -1.55. The monoisotopic (exact) mass is 206 g/mol. The van der Waals surface area contributed by atoms with E-state index in [0.29, 0.717) is 18.7 Å². The lowest BCUT2D eigenvalue weighted by atomic mass is 9.97. The van der Waals surface area contributed by atoms with Crippen LogP contribution in [-0.2, 0) is 4.79 Å². The Kier molecular flexibility index (Phi) is 2.60. The summed E-state index contributed by atoms with van der Waals surface area (Å²) < 4.78 is 5.19. The van der Waals surface area contributed by atoms with Gasteiger partial charge in [-0.05, 0) is 24.6 Å². The second-order valence-electron chi connectivity index (χ2n) is 3.54. The van der Waals surface area contributed by atoms with Crippen LogP contribution in [0.2, 0.25) is 0 Å². The topological polar surface area (TPSA) is 64.3 Å². The highest BCUT2D eigenvalue weighted by Crippen LogP contribution is 2.40. The molecule has 0 saturated carbocycles. The molecule has 1 atom stereocenters. The molecule has 2 rings (SSSR count). The van der Waals surface area contributed by atoms with E-state index in [1.165, 1.54) is 0 Å². The van der Waals surface area contributed by atoms with Gasteiger partial charge < -0.3 is 15.8 Å². The van der Waals surface area contributed by atoms with Gasteiger partial charge in [-0.3, -0.25) is 4.79 Å². The Morgan fingerprint density at radius 2 is 2.33 bits per heavy atom. The average molecular weight is 206 g/mol. The summed E-state index contributed by atoms with van der Waals surface area (Å²) in [7, 11) is 1.60. The van der Waals surface area contributed by atoms with E-state index in [0.717, 1.165) is 11.3 Å². The number of methoxy groups -OCH3 is 1. The number of fused-ring (bicyclic) bond motifs is 1. The summed E-state index contributed by atoms with van der Waals surface area (Å²) in [4.78, 5) is 11.7. The van der Waals surface area contributed by atoms with Gasteiger partial charge in [-0.1, -0.05) is 12.1 Å². The van der Waals surface area contributed by atoms with Crippen LogP contribution in [0.25, 0.3) is 0 Å². The molecule has 4 heteroatoms. The van der Waals surface area contributed by atoms with Crippen LogP contribution in [0.3, 0.4) is 0 Å². The van der Waals surface area contributed by atoms with Gasteiger partial charge in [0.2, 0.25) is 5.91 Å². The van der Waals surface area contributed by atoms with Gasteiger partial charge in [0.1, 0.15) is 5.75 Å². The number of hydrogen-bond acceptors (Lipinski definition) is 3. The van der Waals surface area contributed by atoms with E-state index in [-0.39, 0.29) is 11.8 Å². The van der Waals surface area contributed by atoms with Gasteiger partial charge in [0, 0.05) is 0 Å². The first-order chi connectivity index (χ1) is 7.27. The predicted molar refractivity (Wildman–Crippen MR) is 58.0 cm³/mol. The van der Waals surface area contributed by atoms with Crippen molar-refractivity contribution in [3.05, 3.63) is 23.8 Å². The molecule has 4 nitrogen and oxygen atoms in total. The Morgan fingerprint density at radius 1 is 1.53 bits per heavy atom. The molecule has 1 aromatic rings. The standard InChI is InChI=1S/C11H14N2O2/c1-15-9-4-2-3-7-8(5-6-12)11(14)13-10(7)9/h2-4,8H,5-6,12H2,1H3,(H,13,14). The molecule has 1 aliphatic rings. The van der Waals surface area contributed by atoms with E-state index < -0.39 is 0 Å². The molecule has 0 radical (unpaired) electrons. The van der Waals surface area contributed by atoms with Crippen molar-refractivity contribution < 1.29 is 9.53 Å².